The first-order valence-corrected chi connectivity index (χ1v) is 13.5. The second kappa shape index (κ2) is 16.8. The van der Waals surface area contributed by atoms with E-state index in [0.29, 0.717) is 37.5 Å². The first-order chi connectivity index (χ1) is 19.2. The smallest absolute Gasteiger partial charge is 0.246 e. The molecule has 2 amide bonds. The van der Waals surface area contributed by atoms with Crippen LogP contribution in [0.4, 0.5) is 5.69 Å². The van der Waals surface area contributed by atoms with Crippen molar-refractivity contribution in [1.82, 2.24) is 25.3 Å². The summed E-state index contributed by atoms with van der Waals surface area (Å²) in [7, 11) is 7.49. The fraction of sp³-hybridized carbons (Fsp3) is 0.467. The van der Waals surface area contributed by atoms with E-state index in [1.807, 2.05) is 44.4 Å². The lowest BCUT2D eigenvalue weighted by molar-refractivity contribution is -0.135. The minimum absolute atomic E-state index is 0.195. The highest BCUT2D eigenvalue weighted by Gasteiger charge is 2.22. The molecule has 10 nitrogen and oxygen atoms in total. The Bertz CT molecular complexity index is 1200. The first-order valence-electron chi connectivity index (χ1n) is 13.5. The molecule has 0 aromatic heterocycles. The highest BCUT2D eigenvalue weighted by molar-refractivity contribution is 5.95. The third kappa shape index (κ3) is 10.6. The molecular weight excluding hydrogens is 504 g/mol. The van der Waals surface area contributed by atoms with Gasteiger partial charge in [0.1, 0.15) is 12.2 Å². The van der Waals surface area contributed by atoms with Crippen LogP contribution in [0.15, 0.2) is 53.2 Å². The van der Waals surface area contributed by atoms with E-state index in [-0.39, 0.29) is 18.0 Å². The van der Waals surface area contributed by atoms with Crippen LogP contribution < -0.4 is 16.0 Å². The highest BCUT2D eigenvalue weighted by atomic mass is 16.2. The zero-order chi connectivity index (χ0) is 29.5. The van der Waals surface area contributed by atoms with E-state index in [1.165, 1.54) is 11.0 Å². The van der Waals surface area contributed by atoms with Gasteiger partial charge in [-0.1, -0.05) is 30.9 Å². The molecule has 1 aromatic rings. The van der Waals surface area contributed by atoms with E-state index in [0.717, 1.165) is 24.2 Å². The van der Waals surface area contributed by atoms with E-state index >= 15 is 0 Å². The average Bonchev–Trinajstić information content (AvgIpc) is 2.94. The average molecular weight is 547 g/mol. The molecule has 214 valence electrons. The van der Waals surface area contributed by atoms with Gasteiger partial charge in [0.15, 0.2) is 0 Å². The highest BCUT2D eigenvalue weighted by Crippen LogP contribution is 2.16. The summed E-state index contributed by atoms with van der Waals surface area (Å²) in [5, 5.41) is 18.4. The number of amides is 2. The molecule has 0 spiro atoms. The number of nitrogens with one attached hydrogen (secondary N) is 3. The number of hydrogen-bond donors (Lipinski definition) is 3. The zero-order valence-electron chi connectivity index (χ0n) is 24.5. The molecule has 0 saturated carbocycles. The van der Waals surface area contributed by atoms with Crippen LogP contribution in [0.2, 0.25) is 0 Å². The number of anilines is 1. The molecule has 0 aliphatic carbocycles. The molecule has 0 saturated heterocycles. The summed E-state index contributed by atoms with van der Waals surface area (Å²) in [4.78, 5) is 35.1. The summed E-state index contributed by atoms with van der Waals surface area (Å²) in [6, 6.07) is 8.80. The second-order valence-electron chi connectivity index (χ2n) is 9.88. The number of benzene rings is 1. The Balaban J connectivity index is 1.88. The zero-order valence-corrected chi connectivity index (χ0v) is 24.5. The van der Waals surface area contributed by atoms with Gasteiger partial charge < -0.3 is 25.8 Å². The van der Waals surface area contributed by atoms with Crippen LogP contribution in [-0.2, 0) is 9.59 Å². The molecule has 1 aliphatic heterocycles. The molecule has 3 N–H and O–H groups in total. The molecule has 1 unspecified atom stereocenters. The minimum atomic E-state index is -0.570. The predicted octanol–water partition coefficient (Wildman–Crippen LogP) is 2.35. The number of nitrogens with zero attached hydrogens (tertiary/aromatic N) is 5. The SMILES string of the molecule is CCCN(C)C1N=C(Nc2cccc(C#N)c2)NC=C1C#CCCCNC(=O)[C@H](C)N(C)C(=O)/C=C/CN(C)C. The molecule has 2 atom stereocenters. The molecule has 0 radical (unpaired) electrons. The van der Waals surface area contributed by atoms with Gasteiger partial charge >= 0.3 is 0 Å². The van der Waals surface area contributed by atoms with Crippen LogP contribution in [0.25, 0.3) is 0 Å². The van der Waals surface area contributed by atoms with Gasteiger partial charge in [0.05, 0.1) is 17.2 Å². The number of nitriles is 1. The number of carbonyl (C=O) groups excluding carboxylic acids is 2. The summed E-state index contributed by atoms with van der Waals surface area (Å²) in [6.45, 7) is 5.82. The maximum Gasteiger partial charge on any atom is 0.246 e. The molecule has 0 fully saturated rings. The lowest BCUT2D eigenvalue weighted by Gasteiger charge is -2.28. The monoisotopic (exact) mass is 546 g/mol. The molecule has 1 aromatic carbocycles. The number of hydrogen-bond acceptors (Lipinski definition) is 8. The topological polar surface area (TPSA) is 116 Å². The fourth-order valence-electron chi connectivity index (χ4n) is 3.78. The number of guanidine groups is 1. The van der Waals surface area contributed by atoms with Crippen molar-refractivity contribution < 1.29 is 9.59 Å². The van der Waals surface area contributed by atoms with Crippen LogP contribution in [0.3, 0.4) is 0 Å². The van der Waals surface area contributed by atoms with Gasteiger partial charge in [0, 0.05) is 44.5 Å². The van der Waals surface area contributed by atoms with Gasteiger partial charge in [-0.05, 0) is 65.7 Å². The Morgan fingerprint density at radius 2 is 2.02 bits per heavy atom. The van der Waals surface area contributed by atoms with Crippen LogP contribution in [0.1, 0.15) is 38.7 Å². The summed E-state index contributed by atoms with van der Waals surface area (Å²) in [6.07, 6.45) is 7.17. The lowest BCUT2D eigenvalue weighted by atomic mass is 10.1. The summed E-state index contributed by atoms with van der Waals surface area (Å²) < 4.78 is 0. The fourth-order valence-corrected chi connectivity index (χ4v) is 3.78. The quantitative estimate of drug-likeness (QED) is 0.209. The number of aliphatic imine (C=N–C) groups is 1. The maximum atomic E-state index is 12.5. The first kappa shape index (κ1) is 32.1. The summed E-state index contributed by atoms with van der Waals surface area (Å²) in [5.41, 5.74) is 2.20. The van der Waals surface area contributed by atoms with E-state index < -0.39 is 6.04 Å². The van der Waals surface area contributed by atoms with Crippen LogP contribution in [-0.4, -0.2) is 92.5 Å². The normalized spacial score (nSPS) is 15.3. The Kier molecular flexibility index (Phi) is 13.4. The van der Waals surface area contributed by atoms with Crippen molar-refractivity contribution in [2.45, 2.75) is 45.3 Å². The lowest BCUT2D eigenvalue weighted by Crippen LogP contribution is -2.45. The molecular formula is C30H42N8O2. The summed E-state index contributed by atoms with van der Waals surface area (Å²) >= 11 is 0. The Labute approximate surface area is 238 Å². The molecule has 40 heavy (non-hydrogen) atoms. The van der Waals surface area contributed by atoms with Gasteiger partial charge in [0.2, 0.25) is 17.8 Å². The number of carbonyl (C=O) groups is 2. The molecule has 1 aliphatic rings. The molecule has 10 heteroatoms. The van der Waals surface area contributed by atoms with Crippen molar-refractivity contribution >= 4 is 23.5 Å². The van der Waals surface area contributed by atoms with Gasteiger partial charge in [-0.3, -0.25) is 14.5 Å². The van der Waals surface area contributed by atoms with Crippen molar-refractivity contribution in [3.8, 4) is 17.9 Å². The number of rotatable bonds is 12. The van der Waals surface area contributed by atoms with Crippen LogP contribution in [0, 0.1) is 23.2 Å². The number of likely N-dealkylation sites (N-methyl/N-ethyl adjacent to an activating group) is 3. The van der Waals surface area contributed by atoms with Gasteiger partial charge in [0.25, 0.3) is 0 Å². The van der Waals surface area contributed by atoms with E-state index in [4.69, 9.17) is 10.3 Å². The van der Waals surface area contributed by atoms with Crippen molar-refractivity contribution in [1.29, 1.82) is 5.26 Å². The van der Waals surface area contributed by atoms with Crippen LogP contribution >= 0.6 is 0 Å². The third-order valence-corrected chi connectivity index (χ3v) is 6.19. The van der Waals surface area contributed by atoms with Gasteiger partial charge in [-0.2, -0.15) is 5.26 Å². The Hall–Kier alpha value is -4.12. The molecule has 0 bridgehead atoms. The summed E-state index contributed by atoms with van der Waals surface area (Å²) in [5.74, 6) is 6.62. The van der Waals surface area contributed by atoms with Crippen molar-refractivity contribution in [2.75, 3.05) is 53.1 Å². The largest absolute Gasteiger partial charge is 0.354 e. The van der Waals surface area contributed by atoms with Crippen molar-refractivity contribution in [3.63, 3.8) is 0 Å². The van der Waals surface area contributed by atoms with E-state index in [9.17, 15) is 9.59 Å². The van der Waals surface area contributed by atoms with Crippen molar-refractivity contribution in [3.05, 3.63) is 53.8 Å². The second-order valence-corrected chi connectivity index (χ2v) is 9.88. The van der Waals surface area contributed by atoms with Crippen molar-refractivity contribution in [2.24, 2.45) is 4.99 Å². The predicted molar refractivity (Wildman–Crippen MR) is 160 cm³/mol. The van der Waals surface area contributed by atoms with E-state index in [2.05, 4.69) is 45.7 Å². The third-order valence-electron chi connectivity index (χ3n) is 6.19. The molecule has 1 heterocycles. The Morgan fingerprint density at radius 1 is 1.25 bits per heavy atom. The van der Waals surface area contributed by atoms with Gasteiger partial charge in [-0.25, -0.2) is 4.99 Å². The van der Waals surface area contributed by atoms with Crippen LogP contribution in [0.5, 0.6) is 0 Å². The minimum Gasteiger partial charge on any atom is -0.354 e. The maximum absolute atomic E-state index is 12.5. The van der Waals surface area contributed by atoms with Gasteiger partial charge in [-0.15, -0.1) is 0 Å². The Morgan fingerprint density at radius 3 is 2.73 bits per heavy atom. The standard InChI is InChI=1S/C30H42N8O2/c1-7-18-37(5)28-25(22-33-30(35-28)34-26-15-11-13-24(20-26)21-31)14-9-8-10-17-32-29(40)23(2)38(6)27(39)16-12-19-36(3)4/h11-13,15-16,20,22-23,28H,7-8,10,17-19H2,1-6H3,(H,32,40)(H2,33,34,35)/b16-12+/t23-,28?/m0/s1. The molecule has 2 rings (SSSR count). The number of unbranched alkanes of at least 4 members (excludes halogenated alkanes) is 1. The van der Waals surface area contributed by atoms with E-state index in [1.54, 1.807) is 32.2 Å².